The first-order chi connectivity index (χ1) is 17.9. The molecule has 10 nitrogen and oxygen atoms in total. The van der Waals surface area contributed by atoms with Crippen molar-refractivity contribution < 1.29 is 33.7 Å². The van der Waals surface area contributed by atoms with Crippen molar-refractivity contribution in [2.45, 2.75) is 44.8 Å². The minimum absolute atomic E-state index is 0.00526. The Morgan fingerprint density at radius 3 is 2.68 bits per heavy atom. The van der Waals surface area contributed by atoms with E-state index in [0.29, 0.717) is 62.8 Å². The third-order valence-corrected chi connectivity index (χ3v) is 7.13. The van der Waals surface area contributed by atoms with Crippen LogP contribution in [0.3, 0.4) is 0 Å². The molecular formula is C27H31N3O7. The van der Waals surface area contributed by atoms with Gasteiger partial charge in [0.15, 0.2) is 11.5 Å². The van der Waals surface area contributed by atoms with E-state index in [9.17, 15) is 19.5 Å². The van der Waals surface area contributed by atoms with Gasteiger partial charge in [-0.25, -0.2) is 14.4 Å². The first kappa shape index (κ1) is 24.7. The second-order valence-corrected chi connectivity index (χ2v) is 9.60. The third kappa shape index (κ3) is 5.42. The quantitative estimate of drug-likeness (QED) is 0.634. The van der Waals surface area contributed by atoms with Gasteiger partial charge in [0, 0.05) is 37.8 Å². The molecule has 3 amide bonds. The van der Waals surface area contributed by atoms with Crippen molar-refractivity contribution in [2.24, 2.45) is 0 Å². The van der Waals surface area contributed by atoms with E-state index < -0.39 is 18.2 Å². The van der Waals surface area contributed by atoms with Crippen LogP contribution in [-0.4, -0.2) is 78.0 Å². The molecule has 0 aromatic heterocycles. The van der Waals surface area contributed by atoms with Crippen LogP contribution < -0.4 is 14.8 Å². The van der Waals surface area contributed by atoms with E-state index >= 15 is 0 Å². The lowest BCUT2D eigenvalue weighted by molar-refractivity contribution is -0.147. The van der Waals surface area contributed by atoms with Gasteiger partial charge in [0.2, 0.25) is 6.10 Å². The fraction of sp³-hybridized carbons (Fsp3) is 0.444. The average Bonchev–Trinajstić information content (AvgIpc) is 3.06. The number of carboxylic acids is 1. The highest BCUT2D eigenvalue weighted by Gasteiger charge is 2.33. The van der Waals surface area contributed by atoms with Crippen molar-refractivity contribution in [3.8, 4) is 11.5 Å². The normalized spacial score (nSPS) is 18.4. The van der Waals surface area contributed by atoms with Crippen LogP contribution in [0.5, 0.6) is 11.5 Å². The van der Waals surface area contributed by atoms with Gasteiger partial charge in [-0.15, -0.1) is 0 Å². The topological polar surface area (TPSA) is 118 Å². The molecule has 1 fully saturated rings. The number of urea groups is 1. The molecule has 3 aliphatic heterocycles. The number of benzene rings is 2. The van der Waals surface area contributed by atoms with E-state index in [1.807, 2.05) is 42.2 Å². The highest BCUT2D eigenvalue weighted by atomic mass is 16.6. The zero-order chi connectivity index (χ0) is 25.9. The number of hydrogen-bond donors (Lipinski definition) is 2. The average molecular weight is 510 g/mol. The highest BCUT2D eigenvalue weighted by molar-refractivity contribution is 5.91. The first-order valence-electron chi connectivity index (χ1n) is 12.6. The van der Waals surface area contributed by atoms with Gasteiger partial charge < -0.3 is 34.4 Å². The fourth-order valence-corrected chi connectivity index (χ4v) is 5.21. The van der Waals surface area contributed by atoms with E-state index in [4.69, 9.17) is 14.2 Å². The second kappa shape index (κ2) is 10.6. The molecule has 0 bridgehead atoms. The number of rotatable bonds is 5. The first-order valence-corrected chi connectivity index (χ1v) is 12.6. The number of amides is 3. The number of piperidine rings is 1. The monoisotopic (exact) mass is 509 g/mol. The standard InChI is InChI=1S/C27H31N3O7/c1-17-14-18(15-22-24(17)36-13-12-35-22)16-23(25(31)32)37-27(34)29-9-7-20(8-10-29)30-11-6-19-4-2-3-5-21(19)28-26(30)33/h2-5,14-15,20,23H,6-13,16H2,1H3,(H,28,33)(H,31,32). The van der Waals surface area contributed by atoms with Gasteiger partial charge in [0.25, 0.3) is 0 Å². The summed E-state index contributed by atoms with van der Waals surface area (Å²) < 4.78 is 16.7. The van der Waals surface area contributed by atoms with Crippen molar-refractivity contribution in [2.75, 3.05) is 38.2 Å². The van der Waals surface area contributed by atoms with E-state index in [1.165, 1.54) is 4.90 Å². The summed E-state index contributed by atoms with van der Waals surface area (Å²) in [6.07, 6.45) is -0.0223. The van der Waals surface area contributed by atoms with Gasteiger partial charge >= 0.3 is 18.1 Å². The van der Waals surface area contributed by atoms with E-state index in [2.05, 4.69) is 5.32 Å². The van der Waals surface area contributed by atoms with E-state index in [1.54, 1.807) is 6.07 Å². The van der Waals surface area contributed by atoms with Crippen LogP contribution in [-0.2, 0) is 22.4 Å². The Kier molecular flexibility index (Phi) is 7.07. The lowest BCUT2D eigenvalue weighted by Gasteiger charge is -2.37. The third-order valence-electron chi connectivity index (χ3n) is 7.13. The number of nitrogens with one attached hydrogen (secondary N) is 1. The Balaban J connectivity index is 1.17. The molecule has 2 N–H and O–H groups in total. The molecule has 0 aliphatic carbocycles. The Labute approximate surface area is 215 Å². The Morgan fingerprint density at radius 2 is 1.89 bits per heavy atom. The van der Waals surface area contributed by atoms with Crippen LogP contribution in [0.25, 0.3) is 0 Å². The molecule has 0 spiro atoms. The predicted molar refractivity (Wildman–Crippen MR) is 134 cm³/mol. The smallest absolute Gasteiger partial charge is 0.410 e. The van der Waals surface area contributed by atoms with Gasteiger partial charge in [0.1, 0.15) is 13.2 Å². The van der Waals surface area contributed by atoms with Crippen molar-refractivity contribution in [1.29, 1.82) is 0 Å². The zero-order valence-corrected chi connectivity index (χ0v) is 20.8. The zero-order valence-electron chi connectivity index (χ0n) is 20.8. The Morgan fingerprint density at radius 1 is 1.14 bits per heavy atom. The molecule has 0 saturated carbocycles. The second-order valence-electron chi connectivity index (χ2n) is 9.60. The van der Waals surface area contributed by atoms with Crippen LogP contribution in [0.2, 0.25) is 0 Å². The van der Waals surface area contributed by atoms with Gasteiger partial charge in [-0.2, -0.15) is 0 Å². The summed E-state index contributed by atoms with van der Waals surface area (Å²) in [4.78, 5) is 41.0. The number of aliphatic carboxylic acids is 1. The maximum absolute atomic E-state index is 12.9. The van der Waals surface area contributed by atoms with Gasteiger partial charge in [-0.3, -0.25) is 0 Å². The minimum Gasteiger partial charge on any atom is -0.486 e. The molecule has 2 aromatic rings. The molecule has 10 heteroatoms. The molecule has 37 heavy (non-hydrogen) atoms. The number of hydrogen-bond acceptors (Lipinski definition) is 6. The summed E-state index contributed by atoms with van der Waals surface area (Å²) in [5.41, 5.74) is 3.47. The van der Waals surface area contributed by atoms with Crippen molar-refractivity contribution in [1.82, 2.24) is 9.80 Å². The molecule has 196 valence electrons. The van der Waals surface area contributed by atoms with Crippen molar-refractivity contribution in [3.63, 3.8) is 0 Å². The molecule has 5 rings (SSSR count). The number of ether oxygens (including phenoxy) is 3. The molecule has 1 unspecified atom stereocenters. The largest absolute Gasteiger partial charge is 0.486 e. The SMILES string of the molecule is Cc1cc(CC(OC(=O)N2CCC(N3CCc4ccccc4NC3=O)CC2)C(=O)O)cc2c1OCCO2. The van der Waals surface area contributed by atoms with Gasteiger partial charge in [0.05, 0.1) is 0 Å². The predicted octanol–water partition coefficient (Wildman–Crippen LogP) is 3.45. The van der Waals surface area contributed by atoms with Crippen LogP contribution in [0, 0.1) is 6.92 Å². The molecule has 2 aromatic carbocycles. The van der Waals surface area contributed by atoms with Crippen LogP contribution >= 0.6 is 0 Å². The van der Waals surface area contributed by atoms with Crippen LogP contribution in [0.4, 0.5) is 15.3 Å². The van der Waals surface area contributed by atoms with Gasteiger partial charge in [-0.05, 0) is 55.0 Å². The number of carbonyl (C=O) groups is 3. The summed E-state index contributed by atoms with van der Waals surface area (Å²) in [6, 6.07) is 11.2. The fourth-order valence-electron chi connectivity index (χ4n) is 5.21. The van der Waals surface area contributed by atoms with Crippen molar-refractivity contribution in [3.05, 3.63) is 53.1 Å². The summed E-state index contributed by atoms with van der Waals surface area (Å²) >= 11 is 0. The maximum atomic E-state index is 12.9. The Bertz CT molecular complexity index is 1190. The van der Waals surface area contributed by atoms with Crippen LogP contribution in [0.15, 0.2) is 36.4 Å². The summed E-state index contributed by atoms with van der Waals surface area (Å²) in [6.45, 7) is 4.14. The Hall–Kier alpha value is -3.95. The molecule has 0 radical (unpaired) electrons. The summed E-state index contributed by atoms with van der Waals surface area (Å²) in [7, 11) is 0. The molecular weight excluding hydrogens is 478 g/mol. The molecule has 1 atom stereocenters. The number of carbonyl (C=O) groups excluding carboxylic acids is 2. The summed E-state index contributed by atoms with van der Waals surface area (Å²) in [5.74, 6) is 0.0136. The number of carboxylic acid groups (broad SMARTS) is 1. The number of likely N-dealkylation sites (tertiary alicyclic amines) is 1. The molecule has 3 heterocycles. The summed E-state index contributed by atoms with van der Waals surface area (Å²) in [5, 5.41) is 12.7. The molecule has 1 saturated heterocycles. The van der Waals surface area contributed by atoms with Gasteiger partial charge in [-0.1, -0.05) is 24.3 Å². The minimum atomic E-state index is -1.33. The maximum Gasteiger partial charge on any atom is 0.410 e. The van der Waals surface area contributed by atoms with E-state index in [0.717, 1.165) is 23.2 Å². The number of para-hydroxylation sites is 1. The lowest BCUT2D eigenvalue weighted by atomic mass is 10.0. The lowest BCUT2D eigenvalue weighted by Crippen LogP contribution is -2.50. The number of fused-ring (bicyclic) bond motifs is 2. The highest BCUT2D eigenvalue weighted by Crippen LogP contribution is 2.35. The van der Waals surface area contributed by atoms with E-state index in [-0.39, 0.29) is 18.5 Å². The number of aryl methyl sites for hydroxylation is 1. The number of anilines is 1. The van der Waals surface area contributed by atoms with Crippen LogP contribution in [0.1, 0.15) is 29.5 Å². The number of nitrogens with zero attached hydrogens (tertiary/aromatic N) is 2. The van der Waals surface area contributed by atoms with Crippen molar-refractivity contribution >= 4 is 23.8 Å². The molecule has 3 aliphatic rings.